The second-order valence-corrected chi connectivity index (χ2v) is 5.09. The average Bonchev–Trinajstić information content (AvgIpc) is 2.35. The van der Waals surface area contributed by atoms with Crippen molar-refractivity contribution in [2.45, 2.75) is 38.0 Å². The SMILES string of the molecule is O=C1[C@H]2CC[C@H](C[C@@H]2O)N1Cc1ccccc1. The Hall–Kier alpha value is -1.35. The maximum Gasteiger partial charge on any atom is 0.228 e. The molecule has 3 heteroatoms. The minimum Gasteiger partial charge on any atom is -0.392 e. The number of benzene rings is 1. The highest BCUT2D eigenvalue weighted by atomic mass is 16.3. The van der Waals surface area contributed by atoms with Crippen LogP contribution >= 0.6 is 0 Å². The molecular weight excluding hydrogens is 214 g/mol. The molecule has 2 heterocycles. The summed E-state index contributed by atoms with van der Waals surface area (Å²) in [6, 6.07) is 10.3. The summed E-state index contributed by atoms with van der Waals surface area (Å²) >= 11 is 0. The molecule has 2 bridgehead atoms. The van der Waals surface area contributed by atoms with Gasteiger partial charge in [0.05, 0.1) is 12.0 Å². The first-order valence-electron chi connectivity index (χ1n) is 6.28. The fourth-order valence-electron chi connectivity index (χ4n) is 3.08. The molecule has 90 valence electrons. The van der Waals surface area contributed by atoms with Gasteiger partial charge in [0, 0.05) is 12.6 Å². The summed E-state index contributed by atoms with van der Waals surface area (Å²) in [6.07, 6.45) is 2.24. The Kier molecular flexibility index (Phi) is 2.63. The van der Waals surface area contributed by atoms with E-state index < -0.39 is 6.10 Å². The van der Waals surface area contributed by atoms with Gasteiger partial charge in [0.2, 0.25) is 5.91 Å². The molecule has 3 aliphatic rings. The fraction of sp³-hybridized carbons (Fsp3) is 0.500. The molecule has 4 rings (SSSR count). The van der Waals surface area contributed by atoms with Crippen LogP contribution in [0.15, 0.2) is 30.3 Å². The van der Waals surface area contributed by atoms with Crippen LogP contribution in [0.25, 0.3) is 0 Å². The normalized spacial score (nSPS) is 31.9. The molecule has 3 nitrogen and oxygen atoms in total. The van der Waals surface area contributed by atoms with Crippen LogP contribution in [0.3, 0.4) is 0 Å². The molecule has 2 saturated heterocycles. The number of carbonyl (C=O) groups excluding carboxylic acids is 1. The van der Waals surface area contributed by atoms with Crippen molar-refractivity contribution in [1.82, 2.24) is 4.90 Å². The lowest BCUT2D eigenvalue weighted by Crippen LogP contribution is -2.57. The molecule has 17 heavy (non-hydrogen) atoms. The van der Waals surface area contributed by atoms with Gasteiger partial charge in [-0.05, 0) is 24.8 Å². The van der Waals surface area contributed by atoms with Crippen molar-refractivity contribution in [2.24, 2.45) is 5.92 Å². The monoisotopic (exact) mass is 231 g/mol. The number of fused-ring (bicyclic) bond motifs is 3. The Bertz CT molecular complexity index is 417. The molecule has 3 fully saturated rings. The van der Waals surface area contributed by atoms with Gasteiger partial charge in [-0.15, -0.1) is 0 Å². The van der Waals surface area contributed by atoms with Crippen LogP contribution in [0.2, 0.25) is 0 Å². The van der Waals surface area contributed by atoms with Crippen molar-refractivity contribution in [3.63, 3.8) is 0 Å². The van der Waals surface area contributed by atoms with Crippen LogP contribution in [-0.4, -0.2) is 28.1 Å². The maximum absolute atomic E-state index is 12.2. The Morgan fingerprint density at radius 3 is 2.65 bits per heavy atom. The van der Waals surface area contributed by atoms with Crippen molar-refractivity contribution < 1.29 is 9.90 Å². The summed E-state index contributed by atoms with van der Waals surface area (Å²) in [7, 11) is 0. The number of carbonyl (C=O) groups is 1. The minimum absolute atomic E-state index is 0.142. The van der Waals surface area contributed by atoms with Crippen LogP contribution < -0.4 is 0 Å². The average molecular weight is 231 g/mol. The molecule has 3 atom stereocenters. The third-order valence-corrected chi connectivity index (χ3v) is 4.03. The Balaban J connectivity index is 1.78. The van der Waals surface area contributed by atoms with Crippen molar-refractivity contribution >= 4 is 5.91 Å². The Morgan fingerprint density at radius 2 is 2.00 bits per heavy atom. The number of hydrogen-bond acceptors (Lipinski definition) is 2. The van der Waals surface area contributed by atoms with Crippen LogP contribution in [0.4, 0.5) is 0 Å². The van der Waals surface area contributed by atoms with Crippen LogP contribution in [0.5, 0.6) is 0 Å². The molecule has 1 aromatic rings. The number of piperidine rings is 2. The number of rotatable bonds is 2. The zero-order chi connectivity index (χ0) is 11.8. The van der Waals surface area contributed by atoms with Gasteiger partial charge in [-0.25, -0.2) is 0 Å². The van der Waals surface area contributed by atoms with Crippen LogP contribution in [-0.2, 0) is 11.3 Å². The number of hydrogen-bond donors (Lipinski definition) is 1. The van der Waals surface area contributed by atoms with Gasteiger partial charge in [-0.1, -0.05) is 30.3 Å². The molecule has 1 aromatic carbocycles. The lowest BCUT2D eigenvalue weighted by atomic mass is 9.77. The van der Waals surface area contributed by atoms with Gasteiger partial charge >= 0.3 is 0 Å². The molecule has 2 aliphatic heterocycles. The smallest absolute Gasteiger partial charge is 0.228 e. The molecular formula is C14H17NO2. The van der Waals surface area contributed by atoms with E-state index >= 15 is 0 Å². The fourth-order valence-corrected chi connectivity index (χ4v) is 3.08. The summed E-state index contributed by atoms with van der Waals surface area (Å²) in [5, 5.41) is 9.81. The predicted octanol–water partition coefficient (Wildman–Crippen LogP) is 1.56. The summed E-state index contributed by atoms with van der Waals surface area (Å²) in [6.45, 7) is 0.688. The van der Waals surface area contributed by atoms with E-state index in [2.05, 4.69) is 0 Å². The van der Waals surface area contributed by atoms with E-state index in [1.54, 1.807) is 0 Å². The first-order chi connectivity index (χ1) is 8.25. The zero-order valence-corrected chi connectivity index (χ0v) is 9.75. The highest BCUT2D eigenvalue weighted by Gasteiger charge is 2.45. The molecule has 1 aliphatic carbocycles. The van der Waals surface area contributed by atoms with Gasteiger partial charge in [-0.2, -0.15) is 0 Å². The number of aliphatic hydroxyl groups is 1. The predicted molar refractivity (Wildman–Crippen MR) is 64.1 cm³/mol. The van der Waals surface area contributed by atoms with Crippen LogP contribution in [0, 0.1) is 5.92 Å². The Labute approximate surface area is 101 Å². The Morgan fingerprint density at radius 1 is 1.24 bits per heavy atom. The lowest BCUT2D eigenvalue weighted by molar-refractivity contribution is -0.157. The lowest BCUT2D eigenvalue weighted by Gasteiger charge is -2.47. The summed E-state index contributed by atoms with van der Waals surface area (Å²) in [4.78, 5) is 14.1. The number of amides is 1. The standard InChI is InChI=1S/C14H17NO2/c16-13-8-11-6-7-12(13)14(17)15(11)9-10-4-2-1-3-5-10/h1-5,11-13,16H,6-9H2/t11-,12+,13+/m1/s1. The number of aliphatic hydroxyl groups excluding tert-OH is 1. The third kappa shape index (κ3) is 1.84. The second-order valence-electron chi connectivity index (χ2n) is 5.09. The van der Waals surface area contributed by atoms with E-state index in [1.165, 1.54) is 5.56 Å². The molecule has 0 unspecified atom stereocenters. The van der Waals surface area contributed by atoms with E-state index in [0.29, 0.717) is 6.54 Å². The largest absolute Gasteiger partial charge is 0.392 e. The van der Waals surface area contributed by atoms with Crippen molar-refractivity contribution in [3.8, 4) is 0 Å². The van der Waals surface area contributed by atoms with Gasteiger partial charge in [0.25, 0.3) is 0 Å². The molecule has 0 radical (unpaired) electrons. The molecule has 0 spiro atoms. The second kappa shape index (κ2) is 4.15. The van der Waals surface area contributed by atoms with Gasteiger partial charge in [0.1, 0.15) is 0 Å². The summed E-state index contributed by atoms with van der Waals surface area (Å²) in [5.74, 6) is -0.00688. The number of nitrogens with zero attached hydrogens (tertiary/aromatic N) is 1. The van der Waals surface area contributed by atoms with Gasteiger partial charge in [0.15, 0.2) is 0 Å². The maximum atomic E-state index is 12.2. The minimum atomic E-state index is -0.409. The highest BCUT2D eigenvalue weighted by Crippen LogP contribution is 2.36. The van der Waals surface area contributed by atoms with Crippen molar-refractivity contribution in [2.75, 3.05) is 0 Å². The van der Waals surface area contributed by atoms with Gasteiger partial charge in [-0.3, -0.25) is 4.79 Å². The summed E-state index contributed by atoms with van der Waals surface area (Å²) < 4.78 is 0. The van der Waals surface area contributed by atoms with Crippen LogP contribution in [0.1, 0.15) is 24.8 Å². The quantitative estimate of drug-likeness (QED) is 0.839. The van der Waals surface area contributed by atoms with E-state index in [0.717, 1.165) is 19.3 Å². The van der Waals surface area contributed by atoms with E-state index in [1.807, 2.05) is 35.2 Å². The molecule has 0 aromatic heterocycles. The van der Waals surface area contributed by atoms with E-state index in [9.17, 15) is 9.90 Å². The molecule has 1 N–H and O–H groups in total. The summed E-state index contributed by atoms with van der Waals surface area (Å²) in [5.41, 5.74) is 1.17. The van der Waals surface area contributed by atoms with Crippen molar-refractivity contribution in [1.29, 1.82) is 0 Å². The first-order valence-corrected chi connectivity index (χ1v) is 6.28. The third-order valence-electron chi connectivity index (χ3n) is 4.03. The highest BCUT2D eigenvalue weighted by molar-refractivity contribution is 5.81. The first kappa shape index (κ1) is 10.8. The zero-order valence-electron chi connectivity index (χ0n) is 9.75. The topological polar surface area (TPSA) is 40.5 Å². The van der Waals surface area contributed by atoms with E-state index in [4.69, 9.17) is 0 Å². The van der Waals surface area contributed by atoms with Crippen molar-refractivity contribution in [3.05, 3.63) is 35.9 Å². The molecule has 1 saturated carbocycles. The van der Waals surface area contributed by atoms with E-state index in [-0.39, 0.29) is 17.9 Å². The van der Waals surface area contributed by atoms with Gasteiger partial charge < -0.3 is 10.0 Å². The molecule has 1 amide bonds.